The molecule has 3 N–H and O–H groups in total. The first-order chi connectivity index (χ1) is 6.90. The Balaban J connectivity index is 1.92. The van der Waals surface area contributed by atoms with E-state index in [4.69, 9.17) is 15.0 Å². The number of ether oxygens (including phenoxy) is 1. The summed E-state index contributed by atoms with van der Waals surface area (Å²) >= 11 is 0. The third kappa shape index (κ3) is 2.15. The van der Waals surface area contributed by atoms with Crippen molar-refractivity contribution < 1.29 is 9.15 Å². The van der Waals surface area contributed by atoms with Gasteiger partial charge >= 0.3 is 0 Å². The maximum Gasteiger partial charge on any atom is 0.0935 e. The highest BCUT2D eigenvalue weighted by Crippen LogP contribution is 2.18. The summed E-state index contributed by atoms with van der Waals surface area (Å²) in [5, 5.41) is 0. The van der Waals surface area contributed by atoms with Crippen LogP contribution >= 0.6 is 0 Å². The van der Waals surface area contributed by atoms with E-state index in [1.807, 2.05) is 6.07 Å². The molecule has 0 amide bonds. The minimum Gasteiger partial charge on any atom is -0.472 e. The second-order valence-corrected chi connectivity index (χ2v) is 3.66. The molecule has 2 heterocycles. The van der Waals surface area contributed by atoms with Gasteiger partial charge in [0.2, 0.25) is 0 Å². The quantitative estimate of drug-likeness (QED) is 0.553. The van der Waals surface area contributed by atoms with Crippen molar-refractivity contribution in [3.05, 3.63) is 24.2 Å². The maximum absolute atomic E-state index is 5.58. The maximum atomic E-state index is 5.58. The summed E-state index contributed by atoms with van der Waals surface area (Å²) in [4.78, 5) is 0. The van der Waals surface area contributed by atoms with E-state index in [9.17, 15) is 0 Å². The third-order valence-electron chi connectivity index (χ3n) is 2.66. The summed E-state index contributed by atoms with van der Waals surface area (Å²) in [5.74, 6) is 5.51. The Kier molecular flexibility index (Phi) is 3.18. The van der Waals surface area contributed by atoms with Crippen molar-refractivity contribution in [3.8, 4) is 0 Å². The van der Waals surface area contributed by atoms with Crippen LogP contribution in [0.2, 0.25) is 0 Å². The lowest BCUT2D eigenvalue weighted by atomic mass is 10.0. The van der Waals surface area contributed by atoms with E-state index in [1.165, 1.54) is 0 Å². The molecule has 1 saturated heterocycles. The smallest absolute Gasteiger partial charge is 0.0935 e. The number of furan rings is 1. The second-order valence-electron chi connectivity index (χ2n) is 3.66. The lowest BCUT2D eigenvalue weighted by Crippen LogP contribution is -2.45. The minimum atomic E-state index is 0.190. The van der Waals surface area contributed by atoms with Gasteiger partial charge in [0.15, 0.2) is 0 Å². The summed E-state index contributed by atoms with van der Waals surface area (Å²) < 4.78 is 10.6. The summed E-state index contributed by atoms with van der Waals surface area (Å²) in [6.45, 7) is 0.855. The number of hydrogen-bond acceptors (Lipinski definition) is 4. The SMILES string of the molecule is NNC(Cc1ccoc1)C1CCCO1. The Morgan fingerprint density at radius 2 is 2.57 bits per heavy atom. The number of nitrogens with one attached hydrogen (secondary N) is 1. The van der Waals surface area contributed by atoms with Gasteiger partial charge < -0.3 is 9.15 Å². The van der Waals surface area contributed by atoms with Gasteiger partial charge in [0, 0.05) is 6.61 Å². The Morgan fingerprint density at radius 3 is 3.14 bits per heavy atom. The van der Waals surface area contributed by atoms with Crippen LogP contribution in [0, 0.1) is 0 Å². The fourth-order valence-electron chi connectivity index (χ4n) is 1.88. The number of hydrazine groups is 1. The van der Waals surface area contributed by atoms with E-state index >= 15 is 0 Å². The average molecular weight is 196 g/mol. The highest BCUT2D eigenvalue weighted by molar-refractivity contribution is 5.08. The molecule has 2 rings (SSSR count). The molecular weight excluding hydrogens is 180 g/mol. The highest BCUT2D eigenvalue weighted by atomic mass is 16.5. The lowest BCUT2D eigenvalue weighted by molar-refractivity contribution is 0.0784. The first kappa shape index (κ1) is 9.71. The van der Waals surface area contributed by atoms with Crippen LogP contribution < -0.4 is 11.3 Å². The van der Waals surface area contributed by atoms with Gasteiger partial charge in [-0.15, -0.1) is 0 Å². The van der Waals surface area contributed by atoms with Crippen LogP contribution in [0.25, 0.3) is 0 Å². The fourth-order valence-corrected chi connectivity index (χ4v) is 1.88. The zero-order chi connectivity index (χ0) is 9.80. The minimum absolute atomic E-state index is 0.190. The van der Waals surface area contributed by atoms with Crippen molar-refractivity contribution in [1.82, 2.24) is 5.43 Å². The van der Waals surface area contributed by atoms with Gasteiger partial charge in [0.05, 0.1) is 24.7 Å². The average Bonchev–Trinajstić information content (AvgIpc) is 2.86. The number of hydrogen-bond donors (Lipinski definition) is 2. The normalized spacial score (nSPS) is 23.9. The monoisotopic (exact) mass is 196 g/mol. The van der Waals surface area contributed by atoms with E-state index < -0.39 is 0 Å². The molecule has 1 fully saturated rings. The van der Waals surface area contributed by atoms with E-state index in [2.05, 4.69) is 5.43 Å². The lowest BCUT2D eigenvalue weighted by Gasteiger charge is -2.21. The van der Waals surface area contributed by atoms with Crippen molar-refractivity contribution >= 4 is 0 Å². The molecule has 1 aromatic heterocycles. The standard InChI is InChI=1S/C10H16N2O2/c11-12-9(10-2-1-4-14-10)6-8-3-5-13-7-8/h3,5,7,9-10,12H,1-2,4,6,11H2. The Hall–Kier alpha value is -0.840. The molecule has 4 heteroatoms. The number of nitrogens with two attached hydrogens (primary N) is 1. The van der Waals surface area contributed by atoms with E-state index in [1.54, 1.807) is 12.5 Å². The predicted molar refractivity (Wildman–Crippen MR) is 52.5 cm³/mol. The summed E-state index contributed by atoms with van der Waals surface area (Å²) in [6.07, 6.45) is 6.76. The van der Waals surface area contributed by atoms with E-state index in [0.717, 1.165) is 31.4 Å². The molecule has 0 aromatic carbocycles. The van der Waals surface area contributed by atoms with Crippen molar-refractivity contribution in [2.75, 3.05) is 6.61 Å². The molecule has 0 saturated carbocycles. The highest BCUT2D eigenvalue weighted by Gasteiger charge is 2.25. The molecule has 2 unspecified atom stereocenters. The zero-order valence-corrected chi connectivity index (χ0v) is 8.11. The molecule has 78 valence electrons. The fraction of sp³-hybridized carbons (Fsp3) is 0.600. The van der Waals surface area contributed by atoms with Crippen molar-refractivity contribution in [3.63, 3.8) is 0 Å². The van der Waals surface area contributed by atoms with Crippen LogP contribution in [0.15, 0.2) is 23.0 Å². The molecular formula is C10H16N2O2. The van der Waals surface area contributed by atoms with Crippen LogP contribution in [0.5, 0.6) is 0 Å². The van der Waals surface area contributed by atoms with Gasteiger partial charge in [-0.25, -0.2) is 0 Å². The number of rotatable bonds is 4. The Labute approximate surface area is 83.4 Å². The largest absolute Gasteiger partial charge is 0.472 e. The third-order valence-corrected chi connectivity index (χ3v) is 2.66. The van der Waals surface area contributed by atoms with Gasteiger partial charge in [0.25, 0.3) is 0 Å². The zero-order valence-electron chi connectivity index (χ0n) is 8.11. The molecule has 0 spiro atoms. The van der Waals surface area contributed by atoms with Crippen LogP contribution in [0.1, 0.15) is 18.4 Å². The first-order valence-electron chi connectivity index (χ1n) is 4.99. The Morgan fingerprint density at radius 1 is 1.64 bits per heavy atom. The molecule has 1 aliphatic rings. The molecule has 0 radical (unpaired) electrons. The van der Waals surface area contributed by atoms with Gasteiger partial charge in [-0.1, -0.05) is 0 Å². The van der Waals surface area contributed by atoms with Gasteiger partial charge in [-0.2, -0.15) is 0 Å². The van der Waals surface area contributed by atoms with Gasteiger partial charge in [0.1, 0.15) is 0 Å². The molecule has 1 aromatic rings. The predicted octanol–water partition coefficient (Wildman–Crippen LogP) is 0.833. The van der Waals surface area contributed by atoms with Crippen LogP contribution in [0.4, 0.5) is 0 Å². The molecule has 0 bridgehead atoms. The summed E-state index contributed by atoms with van der Waals surface area (Å²) in [6, 6.07) is 2.15. The molecule has 4 nitrogen and oxygen atoms in total. The van der Waals surface area contributed by atoms with Gasteiger partial charge in [-0.3, -0.25) is 11.3 Å². The van der Waals surface area contributed by atoms with E-state index in [-0.39, 0.29) is 12.1 Å². The molecule has 14 heavy (non-hydrogen) atoms. The molecule has 0 aliphatic carbocycles. The first-order valence-corrected chi connectivity index (χ1v) is 4.99. The molecule has 2 atom stereocenters. The van der Waals surface area contributed by atoms with Crippen LogP contribution in [-0.2, 0) is 11.2 Å². The van der Waals surface area contributed by atoms with Crippen molar-refractivity contribution in [1.29, 1.82) is 0 Å². The van der Waals surface area contributed by atoms with Crippen LogP contribution in [-0.4, -0.2) is 18.8 Å². The second kappa shape index (κ2) is 4.59. The summed E-state index contributed by atoms with van der Waals surface area (Å²) in [5.41, 5.74) is 3.97. The molecule has 1 aliphatic heterocycles. The Bertz CT molecular complexity index is 255. The van der Waals surface area contributed by atoms with E-state index in [0.29, 0.717) is 0 Å². The van der Waals surface area contributed by atoms with Crippen molar-refractivity contribution in [2.24, 2.45) is 5.84 Å². The summed E-state index contributed by atoms with van der Waals surface area (Å²) in [7, 11) is 0. The van der Waals surface area contributed by atoms with Crippen LogP contribution in [0.3, 0.4) is 0 Å². The van der Waals surface area contributed by atoms with Crippen molar-refractivity contribution in [2.45, 2.75) is 31.4 Å². The topological polar surface area (TPSA) is 60.4 Å². The van der Waals surface area contributed by atoms with Gasteiger partial charge in [-0.05, 0) is 30.9 Å².